The summed E-state index contributed by atoms with van der Waals surface area (Å²) in [6, 6.07) is 10.9. The van der Waals surface area contributed by atoms with Crippen molar-refractivity contribution in [2.24, 2.45) is 0 Å². The third kappa shape index (κ3) is 5.08. The zero-order valence-electron chi connectivity index (χ0n) is 19.7. The minimum atomic E-state index is -0.0465. The van der Waals surface area contributed by atoms with E-state index in [2.05, 4.69) is 27.5 Å². The van der Waals surface area contributed by atoms with Gasteiger partial charge in [-0.05, 0) is 61.6 Å². The van der Waals surface area contributed by atoms with Gasteiger partial charge in [-0.15, -0.1) is 10.2 Å². The Bertz CT molecular complexity index is 1020. The van der Waals surface area contributed by atoms with Crippen LogP contribution in [0.2, 0.25) is 0 Å². The zero-order valence-corrected chi connectivity index (χ0v) is 19.7. The number of benzene rings is 1. The maximum atomic E-state index is 12.3. The van der Waals surface area contributed by atoms with Gasteiger partial charge in [0, 0.05) is 49.9 Å². The van der Waals surface area contributed by atoms with Gasteiger partial charge in [-0.2, -0.15) is 0 Å². The van der Waals surface area contributed by atoms with Crippen molar-refractivity contribution in [2.45, 2.75) is 50.2 Å². The van der Waals surface area contributed by atoms with Crippen molar-refractivity contribution >= 4 is 17.8 Å². The third-order valence-electron chi connectivity index (χ3n) is 7.29. The van der Waals surface area contributed by atoms with E-state index in [1.165, 1.54) is 19.3 Å². The minimum absolute atomic E-state index is 0.0465. The highest BCUT2D eigenvalue weighted by Crippen LogP contribution is 2.32. The topological polar surface area (TPSA) is 90.8 Å². The highest BCUT2D eigenvalue weighted by molar-refractivity contribution is 5.92. The molecule has 8 nitrogen and oxygen atoms in total. The van der Waals surface area contributed by atoms with E-state index in [4.69, 9.17) is 4.74 Å². The van der Waals surface area contributed by atoms with E-state index in [1.54, 1.807) is 23.1 Å². The number of anilines is 1. The van der Waals surface area contributed by atoms with Crippen LogP contribution in [0.4, 0.5) is 5.82 Å². The summed E-state index contributed by atoms with van der Waals surface area (Å²) >= 11 is 0. The molecule has 180 valence electrons. The molecule has 2 aromatic rings. The van der Waals surface area contributed by atoms with Crippen LogP contribution in [0.25, 0.3) is 17.3 Å². The second-order valence-electron chi connectivity index (χ2n) is 9.55. The summed E-state index contributed by atoms with van der Waals surface area (Å²) in [6.07, 6.45) is 9.39. The molecule has 1 aromatic heterocycles. The number of phenols is 1. The lowest BCUT2D eigenvalue weighted by molar-refractivity contribution is -0.129. The van der Waals surface area contributed by atoms with Gasteiger partial charge in [-0.1, -0.05) is 12.5 Å². The summed E-state index contributed by atoms with van der Waals surface area (Å²) in [5.41, 5.74) is 2.00. The summed E-state index contributed by atoms with van der Waals surface area (Å²) < 4.78 is 5.28. The molecule has 3 fully saturated rings. The van der Waals surface area contributed by atoms with Gasteiger partial charge in [0.25, 0.3) is 0 Å². The van der Waals surface area contributed by atoms with Gasteiger partial charge >= 0.3 is 0 Å². The second kappa shape index (κ2) is 10.1. The molecule has 3 aliphatic rings. The number of piperidine rings is 2. The van der Waals surface area contributed by atoms with Gasteiger partial charge in [0.1, 0.15) is 5.75 Å². The van der Waals surface area contributed by atoms with Gasteiger partial charge in [0.15, 0.2) is 5.82 Å². The van der Waals surface area contributed by atoms with Crippen LogP contribution >= 0.6 is 0 Å². The standard InChI is InChI=1S/C26H33N5O3/c1-30(21-16-19-3-2-4-20(17-21)27-19)25-9-8-23(28-29-25)22-7-5-18(15-24(22)32)6-10-26(33)31-11-13-34-14-12-31/h5-10,15,19-21,27,32H,2-4,11-14,16-17H2,1H3/b10-6+/t19-,20+,21-. The van der Waals surface area contributed by atoms with Crippen LogP contribution in [0.3, 0.4) is 0 Å². The summed E-state index contributed by atoms with van der Waals surface area (Å²) in [5, 5.41) is 23.2. The quantitative estimate of drug-likeness (QED) is 0.659. The van der Waals surface area contributed by atoms with Gasteiger partial charge in [-0.25, -0.2) is 0 Å². The molecule has 0 aliphatic carbocycles. The lowest BCUT2D eigenvalue weighted by atomic mass is 9.83. The predicted molar refractivity (Wildman–Crippen MR) is 132 cm³/mol. The predicted octanol–water partition coefficient (Wildman–Crippen LogP) is 2.83. The molecule has 1 amide bonds. The molecule has 8 heteroatoms. The maximum Gasteiger partial charge on any atom is 0.246 e. The number of morpholine rings is 1. The molecule has 1 aromatic carbocycles. The van der Waals surface area contributed by atoms with E-state index in [0.29, 0.717) is 55.7 Å². The van der Waals surface area contributed by atoms with Crippen LogP contribution in [0.15, 0.2) is 36.4 Å². The van der Waals surface area contributed by atoms with Gasteiger partial charge in [-0.3, -0.25) is 4.79 Å². The van der Waals surface area contributed by atoms with Gasteiger partial charge in [0.05, 0.1) is 18.9 Å². The van der Waals surface area contributed by atoms with Crippen LogP contribution in [0.5, 0.6) is 5.75 Å². The van der Waals surface area contributed by atoms with Crippen molar-refractivity contribution in [1.29, 1.82) is 0 Å². The van der Waals surface area contributed by atoms with Crippen LogP contribution < -0.4 is 10.2 Å². The Morgan fingerprint density at radius 1 is 1.15 bits per heavy atom. The summed E-state index contributed by atoms with van der Waals surface area (Å²) in [5.74, 6) is 0.923. The Kier molecular flexibility index (Phi) is 6.78. The summed E-state index contributed by atoms with van der Waals surface area (Å²) in [6.45, 7) is 2.36. The normalized spacial score (nSPS) is 24.9. The molecule has 0 radical (unpaired) electrons. The van der Waals surface area contributed by atoms with E-state index in [-0.39, 0.29) is 11.7 Å². The fraction of sp³-hybridized carbons (Fsp3) is 0.500. The van der Waals surface area contributed by atoms with Crippen molar-refractivity contribution in [3.63, 3.8) is 0 Å². The fourth-order valence-electron chi connectivity index (χ4n) is 5.32. The summed E-state index contributed by atoms with van der Waals surface area (Å²) in [7, 11) is 2.10. The van der Waals surface area contributed by atoms with Crippen molar-refractivity contribution < 1.29 is 14.6 Å². The monoisotopic (exact) mass is 463 g/mol. The first-order valence-electron chi connectivity index (χ1n) is 12.3. The van der Waals surface area contributed by atoms with Crippen LogP contribution in [-0.2, 0) is 9.53 Å². The molecule has 3 atom stereocenters. The van der Waals surface area contributed by atoms with Gasteiger partial charge in [0.2, 0.25) is 5.91 Å². The highest BCUT2D eigenvalue weighted by Gasteiger charge is 2.33. The Morgan fingerprint density at radius 2 is 1.91 bits per heavy atom. The summed E-state index contributed by atoms with van der Waals surface area (Å²) in [4.78, 5) is 16.3. The number of carbonyl (C=O) groups excluding carboxylic acids is 1. The molecule has 3 aliphatic heterocycles. The lowest BCUT2D eigenvalue weighted by Gasteiger charge is -2.43. The Balaban J connectivity index is 1.24. The minimum Gasteiger partial charge on any atom is -0.507 e. The SMILES string of the molecule is CN(c1ccc(-c2ccc(/C=C/C(=O)N3CCOCC3)cc2O)nn1)[C@@H]1C[C@H]2CCC[C@@H](C1)N2. The lowest BCUT2D eigenvalue weighted by Crippen LogP contribution is -2.54. The van der Waals surface area contributed by atoms with Gasteiger partial charge < -0.3 is 25.0 Å². The van der Waals surface area contributed by atoms with Crippen LogP contribution in [0, 0.1) is 0 Å². The number of ether oxygens (including phenoxy) is 1. The molecule has 5 rings (SSSR count). The number of phenolic OH excluding ortho intramolecular Hbond substituents is 1. The van der Waals surface area contributed by atoms with E-state index in [0.717, 1.165) is 24.2 Å². The van der Waals surface area contributed by atoms with E-state index >= 15 is 0 Å². The average Bonchev–Trinajstić information content (AvgIpc) is 2.87. The number of carbonyl (C=O) groups is 1. The molecule has 0 saturated carbocycles. The Hall–Kier alpha value is -2.97. The smallest absolute Gasteiger partial charge is 0.246 e. The number of hydrogen-bond donors (Lipinski definition) is 2. The molecule has 0 unspecified atom stereocenters. The molecule has 34 heavy (non-hydrogen) atoms. The first-order valence-corrected chi connectivity index (χ1v) is 12.3. The highest BCUT2D eigenvalue weighted by atomic mass is 16.5. The van der Waals surface area contributed by atoms with E-state index < -0.39 is 0 Å². The number of fused-ring (bicyclic) bond motifs is 2. The van der Waals surface area contributed by atoms with Crippen molar-refractivity contribution in [3.8, 4) is 17.0 Å². The van der Waals surface area contributed by atoms with E-state index in [1.807, 2.05) is 24.3 Å². The largest absolute Gasteiger partial charge is 0.507 e. The molecule has 0 spiro atoms. The van der Waals surface area contributed by atoms with Crippen LogP contribution in [0.1, 0.15) is 37.7 Å². The molecular weight excluding hydrogens is 430 g/mol. The molecule has 2 N–H and O–H groups in total. The fourth-order valence-corrected chi connectivity index (χ4v) is 5.32. The molecular formula is C26H33N5O3. The maximum absolute atomic E-state index is 12.3. The molecule has 4 heterocycles. The zero-order chi connectivity index (χ0) is 23.5. The molecule has 2 bridgehead atoms. The van der Waals surface area contributed by atoms with Crippen molar-refractivity contribution in [3.05, 3.63) is 42.0 Å². The Labute approximate surface area is 200 Å². The van der Waals surface area contributed by atoms with Crippen molar-refractivity contribution in [2.75, 3.05) is 38.3 Å². The number of hydrogen-bond acceptors (Lipinski definition) is 7. The first-order chi connectivity index (χ1) is 16.6. The molecule has 3 saturated heterocycles. The first kappa shape index (κ1) is 22.8. The van der Waals surface area contributed by atoms with E-state index in [9.17, 15) is 9.90 Å². The number of aromatic nitrogens is 2. The number of amides is 1. The second-order valence-corrected chi connectivity index (χ2v) is 9.55. The Morgan fingerprint density at radius 3 is 2.59 bits per heavy atom. The van der Waals surface area contributed by atoms with Crippen molar-refractivity contribution in [1.82, 2.24) is 20.4 Å². The number of rotatable bonds is 5. The number of nitrogens with zero attached hydrogens (tertiary/aromatic N) is 4. The van der Waals surface area contributed by atoms with Crippen LogP contribution in [-0.4, -0.2) is 77.6 Å². The number of aromatic hydroxyl groups is 1. The average molecular weight is 464 g/mol. The number of nitrogens with one attached hydrogen (secondary N) is 1. The third-order valence-corrected chi connectivity index (χ3v) is 7.29.